The fourth-order valence-electron chi connectivity index (χ4n) is 2.18. The molecule has 20 heavy (non-hydrogen) atoms. The molecule has 1 N–H and O–H groups in total. The number of unbranched alkanes of at least 4 members (excludes halogenated alkanes) is 2. The Morgan fingerprint density at radius 2 is 2.00 bits per heavy atom. The van der Waals surface area contributed by atoms with E-state index in [4.69, 9.17) is 4.74 Å². The molecule has 0 radical (unpaired) electrons. The molecular weight excluding hydrogens is 259 g/mol. The number of esters is 1. The number of hydrogen-bond acceptors (Lipinski definition) is 3. The Hall–Kier alpha value is -1.58. The molecule has 0 bridgehead atoms. The second-order valence-corrected chi connectivity index (χ2v) is 4.80. The predicted octanol–water partition coefficient (Wildman–Crippen LogP) is 3.76. The molecule has 0 aliphatic carbocycles. The molecule has 0 amide bonds. The van der Waals surface area contributed by atoms with Crippen LogP contribution < -0.4 is 0 Å². The van der Waals surface area contributed by atoms with Crippen molar-refractivity contribution in [1.29, 1.82) is 0 Å². The van der Waals surface area contributed by atoms with Gasteiger partial charge >= 0.3 is 5.97 Å². The molecule has 0 aromatic heterocycles. The van der Waals surface area contributed by atoms with E-state index in [2.05, 4.69) is 6.92 Å². The van der Waals surface area contributed by atoms with Crippen LogP contribution in [-0.2, 0) is 22.4 Å². The second-order valence-electron chi connectivity index (χ2n) is 4.80. The molecule has 0 unspecified atom stereocenters. The minimum Gasteiger partial charge on any atom is -0.505 e. The third-order valence-electron chi connectivity index (χ3n) is 3.25. The highest BCUT2D eigenvalue weighted by Crippen LogP contribution is 2.25. The maximum atomic E-state index is 14.0. The number of ether oxygens (including phenoxy) is 1. The molecule has 0 spiro atoms. The average molecular weight is 282 g/mol. The summed E-state index contributed by atoms with van der Waals surface area (Å²) in [5.41, 5.74) is 1.31. The van der Waals surface area contributed by atoms with Crippen molar-refractivity contribution in [1.82, 2.24) is 0 Å². The van der Waals surface area contributed by atoms with E-state index in [-0.39, 0.29) is 18.1 Å². The maximum Gasteiger partial charge on any atom is 0.306 e. The van der Waals surface area contributed by atoms with Crippen LogP contribution in [-0.4, -0.2) is 17.7 Å². The van der Waals surface area contributed by atoms with Gasteiger partial charge in [0.05, 0.1) is 6.61 Å². The molecule has 0 heterocycles. The highest BCUT2D eigenvalue weighted by Gasteiger charge is 2.14. The lowest BCUT2D eigenvalue weighted by Crippen LogP contribution is -2.07. The average Bonchev–Trinajstić information content (AvgIpc) is 2.43. The Balaban J connectivity index is 2.77. The Labute approximate surface area is 119 Å². The zero-order valence-corrected chi connectivity index (χ0v) is 12.2. The molecule has 0 atom stereocenters. The Morgan fingerprint density at radius 1 is 1.25 bits per heavy atom. The number of phenolic OH excluding ortho intramolecular Hbond substituents is 1. The second kappa shape index (κ2) is 8.56. The minimum absolute atomic E-state index is 0.235. The number of benzene rings is 1. The largest absolute Gasteiger partial charge is 0.505 e. The summed E-state index contributed by atoms with van der Waals surface area (Å²) < 4.78 is 18.9. The van der Waals surface area contributed by atoms with E-state index in [9.17, 15) is 14.3 Å². The molecule has 0 saturated carbocycles. The van der Waals surface area contributed by atoms with Gasteiger partial charge in [-0.15, -0.1) is 0 Å². The van der Waals surface area contributed by atoms with E-state index in [0.29, 0.717) is 25.0 Å². The molecule has 1 aromatic carbocycles. The first kappa shape index (κ1) is 16.5. The highest BCUT2D eigenvalue weighted by molar-refractivity contribution is 5.69. The predicted molar refractivity (Wildman–Crippen MR) is 76.2 cm³/mol. The summed E-state index contributed by atoms with van der Waals surface area (Å²) in [6, 6.07) is 3.04. The van der Waals surface area contributed by atoms with E-state index < -0.39 is 5.82 Å². The topological polar surface area (TPSA) is 46.5 Å². The molecule has 0 aliphatic heterocycles. The fraction of sp³-hybridized carbons (Fsp3) is 0.562. The summed E-state index contributed by atoms with van der Waals surface area (Å²) in [4.78, 5) is 11.4. The first-order chi connectivity index (χ1) is 9.60. The molecule has 3 nitrogen and oxygen atoms in total. The number of carbonyl (C=O) groups excluding carboxylic acids is 1. The molecular formula is C16H23FO3. The van der Waals surface area contributed by atoms with E-state index in [0.717, 1.165) is 24.8 Å². The first-order valence-corrected chi connectivity index (χ1v) is 7.25. The molecule has 0 saturated heterocycles. The van der Waals surface area contributed by atoms with Crippen LogP contribution in [0.15, 0.2) is 12.1 Å². The van der Waals surface area contributed by atoms with Gasteiger partial charge in [0.15, 0.2) is 11.6 Å². The van der Waals surface area contributed by atoms with Gasteiger partial charge in [0.2, 0.25) is 0 Å². The number of carbonyl (C=O) groups is 1. The van der Waals surface area contributed by atoms with Crippen molar-refractivity contribution >= 4 is 5.97 Å². The van der Waals surface area contributed by atoms with Gasteiger partial charge in [-0.3, -0.25) is 4.79 Å². The van der Waals surface area contributed by atoms with Gasteiger partial charge in [-0.1, -0.05) is 25.8 Å². The number of hydrogen-bond donors (Lipinski definition) is 1. The quantitative estimate of drug-likeness (QED) is 0.583. The van der Waals surface area contributed by atoms with Crippen molar-refractivity contribution in [2.75, 3.05) is 6.61 Å². The van der Waals surface area contributed by atoms with E-state index in [1.165, 1.54) is 6.07 Å². The van der Waals surface area contributed by atoms with Gasteiger partial charge in [0.1, 0.15) is 0 Å². The van der Waals surface area contributed by atoms with Crippen LogP contribution in [0.25, 0.3) is 0 Å². The highest BCUT2D eigenvalue weighted by atomic mass is 19.1. The zero-order valence-electron chi connectivity index (χ0n) is 12.2. The third kappa shape index (κ3) is 4.83. The Kier molecular flexibility index (Phi) is 7.05. The molecule has 0 aliphatic rings. The Bertz CT molecular complexity index is 444. The van der Waals surface area contributed by atoms with Crippen molar-refractivity contribution in [3.8, 4) is 5.75 Å². The molecule has 112 valence electrons. The minimum atomic E-state index is -0.553. The van der Waals surface area contributed by atoms with E-state index in [1.54, 1.807) is 13.0 Å². The number of rotatable bonds is 8. The summed E-state index contributed by atoms with van der Waals surface area (Å²) in [5, 5.41) is 9.48. The lowest BCUT2D eigenvalue weighted by Gasteiger charge is -2.11. The maximum absolute atomic E-state index is 14.0. The van der Waals surface area contributed by atoms with Crippen LogP contribution >= 0.6 is 0 Å². The normalized spacial score (nSPS) is 10.6. The number of aryl methyl sites for hydroxylation is 1. The summed E-state index contributed by atoms with van der Waals surface area (Å²) in [7, 11) is 0. The molecule has 1 rings (SSSR count). The van der Waals surface area contributed by atoms with Crippen molar-refractivity contribution < 1.29 is 19.0 Å². The fourth-order valence-corrected chi connectivity index (χ4v) is 2.18. The SMILES string of the molecule is CCCCCc1c(CCC(=O)OCC)ccc(O)c1F. The van der Waals surface area contributed by atoms with Gasteiger partial charge in [0.25, 0.3) is 0 Å². The number of aromatic hydroxyl groups is 1. The lowest BCUT2D eigenvalue weighted by molar-refractivity contribution is -0.143. The molecule has 4 heteroatoms. The van der Waals surface area contributed by atoms with Crippen LogP contribution in [0.1, 0.15) is 50.7 Å². The van der Waals surface area contributed by atoms with Crippen molar-refractivity contribution in [2.24, 2.45) is 0 Å². The summed E-state index contributed by atoms with van der Waals surface area (Å²) in [5.74, 6) is -1.15. The number of halogens is 1. The monoisotopic (exact) mass is 282 g/mol. The van der Waals surface area contributed by atoms with Gasteiger partial charge < -0.3 is 9.84 Å². The molecule has 0 fully saturated rings. The smallest absolute Gasteiger partial charge is 0.306 e. The van der Waals surface area contributed by atoms with E-state index in [1.807, 2.05) is 0 Å². The first-order valence-electron chi connectivity index (χ1n) is 7.25. The van der Waals surface area contributed by atoms with Crippen molar-refractivity contribution in [3.05, 3.63) is 29.1 Å². The van der Waals surface area contributed by atoms with Gasteiger partial charge in [-0.05, 0) is 43.4 Å². The number of phenols is 1. The van der Waals surface area contributed by atoms with Crippen LogP contribution in [0.3, 0.4) is 0 Å². The van der Waals surface area contributed by atoms with Gasteiger partial charge in [0, 0.05) is 6.42 Å². The standard InChI is InChI=1S/C16H23FO3/c1-3-5-6-7-13-12(8-10-14(18)16(13)17)9-11-15(19)20-4-2/h8,10,18H,3-7,9,11H2,1-2H3. The van der Waals surface area contributed by atoms with Crippen LogP contribution in [0, 0.1) is 5.82 Å². The zero-order chi connectivity index (χ0) is 15.0. The van der Waals surface area contributed by atoms with E-state index >= 15 is 0 Å². The van der Waals surface area contributed by atoms with Crippen molar-refractivity contribution in [2.45, 2.75) is 52.4 Å². The summed E-state index contributed by atoms with van der Waals surface area (Å²) in [6.45, 7) is 4.20. The van der Waals surface area contributed by atoms with Gasteiger partial charge in [-0.2, -0.15) is 0 Å². The lowest BCUT2D eigenvalue weighted by atomic mass is 9.97. The van der Waals surface area contributed by atoms with Gasteiger partial charge in [-0.25, -0.2) is 4.39 Å². The van der Waals surface area contributed by atoms with Crippen LogP contribution in [0.4, 0.5) is 4.39 Å². The summed E-state index contributed by atoms with van der Waals surface area (Å²) in [6.07, 6.45) is 4.22. The van der Waals surface area contributed by atoms with Crippen LogP contribution in [0.2, 0.25) is 0 Å². The third-order valence-corrected chi connectivity index (χ3v) is 3.25. The van der Waals surface area contributed by atoms with Crippen LogP contribution in [0.5, 0.6) is 5.75 Å². The van der Waals surface area contributed by atoms with Crippen molar-refractivity contribution in [3.63, 3.8) is 0 Å². The Morgan fingerprint density at radius 3 is 2.65 bits per heavy atom. The molecule has 1 aromatic rings. The summed E-state index contributed by atoms with van der Waals surface area (Å²) >= 11 is 0.